The van der Waals surface area contributed by atoms with Gasteiger partial charge in [-0.15, -0.1) is 11.8 Å². The number of amides is 1. The van der Waals surface area contributed by atoms with Crippen molar-refractivity contribution >= 4 is 45.9 Å². The highest BCUT2D eigenvalue weighted by atomic mass is 127. The van der Waals surface area contributed by atoms with Crippen LogP contribution in [0, 0.1) is 3.57 Å². The van der Waals surface area contributed by atoms with Gasteiger partial charge in [-0.2, -0.15) is 0 Å². The Morgan fingerprint density at radius 3 is 2.94 bits per heavy atom. The molecule has 0 atom stereocenters. The molecular weight excluding hydrogens is 337 g/mol. The predicted molar refractivity (Wildman–Crippen MR) is 77.0 cm³/mol. The van der Waals surface area contributed by atoms with Crippen molar-refractivity contribution in [3.63, 3.8) is 0 Å². The number of benzene rings is 1. The largest absolute Gasteiger partial charge is 0.384 e. The van der Waals surface area contributed by atoms with Crippen LogP contribution in [0.5, 0.6) is 0 Å². The van der Waals surface area contributed by atoms with Gasteiger partial charge in [0.15, 0.2) is 0 Å². The minimum atomic E-state index is 0.0326. The number of rotatable bonds is 6. The quantitative estimate of drug-likeness (QED) is 0.633. The number of hydrogen-bond donors (Lipinski definition) is 1. The van der Waals surface area contributed by atoms with Crippen molar-refractivity contribution in [1.82, 2.24) is 0 Å². The van der Waals surface area contributed by atoms with Crippen LogP contribution in [0.15, 0.2) is 24.3 Å². The average Bonchev–Trinajstić information content (AvgIpc) is 2.28. The van der Waals surface area contributed by atoms with Gasteiger partial charge in [-0.25, -0.2) is 0 Å². The number of carbonyl (C=O) groups is 1. The second-order valence-electron chi connectivity index (χ2n) is 3.07. The molecule has 0 spiro atoms. The third-order valence-electron chi connectivity index (χ3n) is 1.81. The zero-order valence-electron chi connectivity index (χ0n) is 9.03. The number of para-hydroxylation sites is 1. The Kier molecular flexibility index (Phi) is 6.82. The molecule has 0 saturated carbocycles. The van der Waals surface area contributed by atoms with E-state index in [4.69, 9.17) is 4.74 Å². The van der Waals surface area contributed by atoms with E-state index < -0.39 is 0 Å². The second kappa shape index (κ2) is 7.92. The standard InChI is InChI=1S/C11H14INO2S/c1-15-6-7-16-8-11(14)13-10-5-3-2-4-9(10)12/h2-5H,6-8H2,1H3,(H,13,14). The smallest absolute Gasteiger partial charge is 0.234 e. The van der Waals surface area contributed by atoms with E-state index >= 15 is 0 Å². The third kappa shape index (κ3) is 5.18. The van der Waals surface area contributed by atoms with E-state index in [1.807, 2.05) is 24.3 Å². The second-order valence-corrected chi connectivity index (χ2v) is 5.34. The molecule has 0 aliphatic heterocycles. The molecule has 0 bridgehead atoms. The van der Waals surface area contributed by atoms with Crippen LogP contribution in [0.3, 0.4) is 0 Å². The topological polar surface area (TPSA) is 38.3 Å². The highest BCUT2D eigenvalue weighted by molar-refractivity contribution is 14.1. The molecule has 0 fully saturated rings. The maximum atomic E-state index is 11.6. The summed E-state index contributed by atoms with van der Waals surface area (Å²) in [5.41, 5.74) is 0.875. The van der Waals surface area contributed by atoms with Crippen LogP contribution < -0.4 is 5.32 Å². The predicted octanol–water partition coefficient (Wildman–Crippen LogP) is 2.61. The van der Waals surface area contributed by atoms with Crippen LogP contribution in [-0.4, -0.2) is 31.1 Å². The molecule has 0 radical (unpaired) electrons. The number of hydrogen-bond acceptors (Lipinski definition) is 3. The lowest BCUT2D eigenvalue weighted by atomic mass is 10.3. The van der Waals surface area contributed by atoms with Gasteiger partial charge in [0.25, 0.3) is 0 Å². The molecular formula is C11H14INO2S. The first kappa shape index (κ1) is 13.8. The molecule has 3 nitrogen and oxygen atoms in total. The zero-order chi connectivity index (χ0) is 11.8. The first-order valence-corrected chi connectivity index (χ1v) is 7.08. The average molecular weight is 351 g/mol. The van der Waals surface area contributed by atoms with Gasteiger partial charge in [0.2, 0.25) is 5.91 Å². The summed E-state index contributed by atoms with van der Waals surface area (Å²) >= 11 is 3.77. The molecule has 1 rings (SSSR count). The highest BCUT2D eigenvalue weighted by Gasteiger charge is 2.04. The summed E-state index contributed by atoms with van der Waals surface area (Å²) in [6.07, 6.45) is 0. The fourth-order valence-electron chi connectivity index (χ4n) is 1.06. The molecule has 0 aliphatic rings. The highest BCUT2D eigenvalue weighted by Crippen LogP contribution is 2.17. The van der Waals surface area contributed by atoms with E-state index in [1.54, 1.807) is 18.9 Å². The summed E-state index contributed by atoms with van der Waals surface area (Å²) < 4.78 is 5.96. The van der Waals surface area contributed by atoms with Gasteiger partial charge in [-0.3, -0.25) is 4.79 Å². The minimum absolute atomic E-state index is 0.0326. The molecule has 1 N–H and O–H groups in total. The lowest BCUT2D eigenvalue weighted by molar-refractivity contribution is -0.113. The Hall–Kier alpha value is -0.270. The van der Waals surface area contributed by atoms with Gasteiger partial charge >= 0.3 is 0 Å². The van der Waals surface area contributed by atoms with Crippen LogP contribution in [0.2, 0.25) is 0 Å². The van der Waals surface area contributed by atoms with Crippen molar-refractivity contribution in [3.05, 3.63) is 27.8 Å². The van der Waals surface area contributed by atoms with E-state index in [1.165, 1.54) is 0 Å². The number of nitrogens with one attached hydrogen (secondary N) is 1. The lowest BCUT2D eigenvalue weighted by Gasteiger charge is -2.06. The van der Waals surface area contributed by atoms with Crippen molar-refractivity contribution in [2.75, 3.05) is 30.5 Å². The van der Waals surface area contributed by atoms with Crippen molar-refractivity contribution < 1.29 is 9.53 Å². The van der Waals surface area contributed by atoms with Crippen LogP contribution in [0.1, 0.15) is 0 Å². The van der Waals surface area contributed by atoms with Crippen LogP contribution in [0.25, 0.3) is 0 Å². The first-order valence-electron chi connectivity index (χ1n) is 4.85. The van der Waals surface area contributed by atoms with Gasteiger partial charge in [-0.05, 0) is 34.7 Å². The normalized spacial score (nSPS) is 10.1. The maximum Gasteiger partial charge on any atom is 0.234 e. The zero-order valence-corrected chi connectivity index (χ0v) is 12.0. The van der Waals surface area contributed by atoms with Crippen molar-refractivity contribution in [3.8, 4) is 0 Å². The number of thioether (sulfide) groups is 1. The molecule has 0 saturated heterocycles. The number of carbonyl (C=O) groups excluding carboxylic acids is 1. The molecule has 16 heavy (non-hydrogen) atoms. The molecule has 0 aromatic heterocycles. The Morgan fingerprint density at radius 1 is 1.50 bits per heavy atom. The van der Waals surface area contributed by atoms with E-state index in [0.29, 0.717) is 12.4 Å². The number of anilines is 1. The minimum Gasteiger partial charge on any atom is -0.384 e. The fourth-order valence-corrected chi connectivity index (χ4v) is 2.26. The summed E-state index contributed by atoms with van der Waals surface area (Å²) in [4.78, 5) is 11.6. The molecule has 1 aromatic carbocycles. The molecule has 0 heterocycles. The molecule has 88 valence electrons. The van der Waals surface area contributed by atoms with Gasteiger partial charge < -0.3 is 10.1 Å². The Bertz CT molecular complexity index is 347. The molecule has 5 heteroatoms. The fraction of sp³-hybridized carbons (Fsp3) is 0.364. The summed E-state index contributed by atoms with van der Waals surface area (Å²) in [5, 5.41) is 2.88. The van der Waals surface area contributed by atoms with Crippen molar-refractivity contribution in [2.45, 2.75) is 0 Å². The number of halogens is 1. The van der Waals surface area contributed by atoms with E-state index in [-0.39, 0.29) is 5.91 Å². The molecule has 0 unspecified atom stereocenters. The van der Waals surface area contributed by atoms with Crippen molar-refractivity contribution in [2.24, 2.45) is 0 Å². The van der Waals surface area contributed by atoms with E-state index in [0.717, 1.165) is 15.0 Å². The summed E-state index contributed by atoms with van der Waals surface area (Å²) in [5.74, 6) is 1.34. The molecule has 1 aromatic rings. The van der Waals surface area contributed by atoms with Gasteiger partial charge in [-0.1, -0.05) is 12.1 Å². The first-order chi connectivity index (χ1) is 7.74. The number of methoxy groups -OCH3 is 1. The monoisotopic (exact) mass is 351 g/mol. The summed E-state index contributed by atoms with van der Waals surface area (Å²) in [6, 6.07) is 7.73. The van der Waals surface area contributed by atoms with Gasteiger partial charge in [0.05, 0.1) is 18.0 Å². The van der Waals surface area contributed by atoms with Gasteiger partial charge in [0.1, 0.15) is 0 Å². The molecule has 0 aliphatic carbocycles. The maximum absolute atomic E-state index is 11.6. The Labute approximate surface area is 113 Å². The van der Waals surface area contributed by atoms with E-state index in [9.17, 15) is 4.79 Å². The molecule has 1 amide bonds. The van der Waals surface area contributed by atoms with Crippen LogP contribution in [0.4, 0.5) is 5.69 Å². The Balaban J connectivity index is 2.32. The summed E-state index contributed by atoms with van der Waals surface area (Å²) in [7, 11) is 1.66. The van der Waals surface area contributed by atoms with Gasteiger partial charge in [0, 0.05) is 16.4 Å². The number of ether oxygens (including phenoxy) is 1. The summed E-state index contributed by atoms with van der Waals surface area (Å²) in [6.45, 7) is 0.681. The third-order valence-corrected chi connectivity index (χ3v) is 3.68. The van der Waals surface area contributed by atoms with Crippen LogP contribution in [-0.2, 0) is 9.53 Å². The SMILES string of the molecule is COCCSCC(=O)Nc1ccccc1I. The van der Waals surface area contributed by atoms with Crippen LogP contribution >= 0.6 is 34.4 Å². The lowest BCUT2D eigenvalue weighted by Crippen LogP contribution is -2.15. The van der Waals surface area contributed by atoms with Crippen molar-refractivity contribution in [1.29, 1.82) is 0 Å². The Morgan fingerprint density at radius 2 is 2.25 bits per heavy atom. The van der Waals surface area contributed by atoms with E-state index in [2.05, 4.69) is 27.9 Å².